The first-order chi connectivity index (χ1) is 10.7. The van der Waals surface area contributed by atoms with Crippen molar-refractivity contribution in [3.05, 3.63) is 35.7 Å². The molecule has 1 aromatic heterocycles. The normalized spacial score (nSPS) is 24.6. The number of rotatable bonds is 3. The third kappa shape index (κ3) is 2.32. The van der Waals surface area contributed by atoms with Gasteiger partial charge < -0.3 is 14.6 Å². The minimum Gasteiger partial charge on any atom is -0.486 e. The third-order valence-electron chi connectivity index (χ3n) is 4.26. The first-order valence-corrected chi connectivity index (χ1v) is 7.43. The van der Waals surface area contributed by atoms with E-state index in [9.17, 15) is 5.11 Å². The Labute approximate surface area is 127 Å². The van der Waals surface area contributed by atoms with Gasteiger partial charge in [-0.2, -0.15) is 15.4 Å². The number of likely N-dealkylation sites (tertiary alicyclic amines) is 1. The number of aromatic nitrogens is 3. The van der Waals surface area contributed by atoms with Gasteiger partial charge in [0.15, 0.2) is 11.5 Å². The molecule has 2 aliphatic rings. The van der Waals surface area contributed by atoms with Gasteiger partial charge in [0.05, 0.1) is 6.20 Å². The van der Waals surface area contributed by atoms with Gasteiger partial charge >= 0.3 is 0 Å². The standard InChI is InChI=1S/C15H18N4O3/c20-15(13-8-16-18-17-13)4-5-19(10-15)9-11-2-1-3-12-14(11)22-7-6-21-12/h1-3,8,20H,4-7,9-10H2,(H,16,17,18). The molecule has 22 heavy (non-hydrogen) atoms. The van der Waals surface area contributed by atoms with E-state index in [2.05, 4.69) is 20.3 Å². The highest BCUT2D eigenvalue weighted by Gasteiger charge is 2.40. The van der Waals surface area contributed by atoms with Crippen LogP contribution in [0.3, 0.4) is 0 Å². The molecule has 7 heteroatoms. The number of benzene rings is 1. The molecule has 0 radical (unpaired) electrons. The molecule has 0 aliphatic carbocycles. The second-order valence-electron chi connectivity index (χ2n) is 5.79. The summed E-state index contributed by atoms with van der Waals surface area (Å²) in [7, 11) is 0. The maximum Gasteiger partial charge on any atom is 0.165 e. The maximum absolute atomic E-state index is 10.7. The molecule has 0 amide bonds. The van der Waals surface area contributed by atoms with Crippen molar-refractivity contribution in [2.75, 3.05) is 26.3 Å². The van der Waals surface area contributed by atoms with Crippen LogP contribution in [-0.4, -0.2) is 51.7 Å². The van der Waals surface area contributed by atoms with Crippen molar-refractivity contribution >= 4 is 0 Å². The van der Waals surface area contributed by atoms with Crippen LogP contribution in [0.2, 0.25) is 0 Å². The highest BCUT2D eigenvalue weighted by Crippen LogP contribution is 2.36. The summed E-state index contributed by atoms with van der Waals surface area (Å²) in [4.78, 5) is 2.20. The molecule has 1 fully saturated rings. The number of aromatic amines is 1. The number of H-pyrrole nitrogens is 1. The molecule has 0 spiro atoms. The zero-order chi connectivity index (χ0) is 15.0. The predicted molar refractivity (Wildman–Crippen MR) is 77.6 cm³/mol. The number of aliphatic hydroxyl groups is 1. The van der Waals surface area contributed by atoms with E-state index in [1.165, 1.54) is 0 Å². The van der Waals surface area contributed by atoms with Gasteiger partial charge in [0.2, 0.25) is 0 Å². The molecule has 1 atom stereocenters. The van der Waals surface area contributed by atoms with Crippen LogP contribution in [0.1, 0.15) is 17.7 Å². The summed E-state index contributed by atoms with van der Waals surface area (Å²) in [6, 6.07) is 5.94. The fraction of sp³-hybridized carbons (Fsp3) is 0.467. The first kappa shape index (κ1) is 13.5. The highest BCUT2D eigenvalue weighted by molar-refractivity contribution is 5.47. The predicted octanol–water partition coefficient (Wildman–Crippen LogP) is 0.669. The van der Waals surface area contributed by atoms with Crippen molar-refractivity contribution in [2.45, 2.75) is 18.6 Å². The molecule has 116 valence electrons. The average Bonchev–Trinajstić information content (AvgIpc) is 3.19. The summed E-state index contributed by atoms with van der Waals surface area (Å²) in [5, 5.41) is 21.1. The van der Waals surface area contributed by atoms with Gasteiger partial charge in [-0.25, -0.2) is 0 Å². The molecular formula is C15H18N4O3. The fourth-order valence-corrected chi connectivity index (χ4v) is 3.14. The van der Waals surface area contributed by atoms with E-state index in [0.29, 0.717) is 38.4 Å². The van der Waals surface area contributed by atoms with E-state index >= 15 is 0 Å². The Morgan fingerprint density at radius 2 is 2.23 bits per heavy atom. The summed E-state index contributed by atoms with van der Waals surface area (Å²) >= 11 is 0. The lowest BCUT2D eigenvalue weighted by Crippen LogP contribution is -2.31. The van der Waals surface area contributed by atoms with E-state index in [4.69, 9.17) is 9.47 Å². The van der Waals surface area contributed by atoms with Crippen molar-refractivity contribution in [3.63, 3.8) is 0 Å². The molecule has 7 nitrogen and oxygen atoms in total. The molecule has 4 rings (SSSR count). The lowest BCUT2D eigenvalue weighted by Gasteiger charge is -2.24. The number of β-amino-alcohol motifs (C(OH)–C–C–N with tert-alkyl or cyclic N) is 1. The molecule has 2 N–H and O–H groups in total. The molecule has 1 saturated heterocycles. The smallest absolute Gasteiger partial charge is 0.165 e. The summed E-state index contributed by atoms with van der Waals surface area (Å²) in [6.45, 7) is 3.21. The summed E-state index contributed by atoms with van der Waals surface area (Å²) < 4.78 is 11.4. The Hall–Kier alpha value is -2.12. The zero-order valence-corrected chi connectivity index (χ0v) is 12.2. The van der Waals surface area contributed by atoms with Crippen LogP contribution < -0.4 is 9.47 Å². The Morgan fingerprint density at radius 3 is 3.09 bits per heavy atom. The van der Waals surface area contributed by atoms with Crippen molar-refractivity contribution in [3.8, 4) is 11.5 Å². The molecule has 0 bridgehead atoms. The monoisotopic (exact) mass is 302 g/mol. The Balaban J connectivity index is 1.51. The molecule has 1 aromatic carbocycles. The third-order valence-corrected chi connectivity index (χ3v) is 4.26. The van der Waals surface area contributed by atoms with Crippen LogP contribution in [0.25, 0.3) is 0 Å². The first-order valence-electron chi connectivity index (χ1n) is 7.43. The van der Waals surface area contributed by atoms with E-state index in [1.807, 2.05) is 18.2 Å². The largest absolute Gasteiger partial charge is 0.486 e. The van der Waals surface area contributed by atoms with Crippen molar-refractivity contribution < 1.29 is 14.6 Å². The molecule has 2 aliphatic heterocycles. The number of ether oxygens (including phenoxy) is 2. The second-order valence-corrected chi connectivity index (χ2v) is 5.79. The summed E-state index contributed by atoms with van der Waals surface area (Å²) in [5.41, 5.74) is 0.755. The van der Waals surface area contributed by atoms with Crippen LogP contribution in [0.5, 0.6) is 11.5 Å². The fourth-order valence-electron chi connectivity index (χ4n) is 3.14. The zero-order valence-electron chi connectivity index (χ0n) is 12.2. The van der Waals surface area contributed by atoms with Crippen LogP contribution in [0.15, 0.2) is 24.4 Å². The minimum absolute atomic E-state index is 0.532. The van der Waals surface area contributed by atoms with Crippen molar-refractivity contribution in [1.82, 2.24) is 20.3 Å². The van der Waals surface area contributed by atoms with Gasteiger partial charge in [0.25, 0.3) is 0 Å². The maximum atomic E-state index is 10.7. The molecule has 1 unspecified atom stereocenters. The van der Waals surface area contributed by atoms with E-state index in [0.717, 1.165) is 23.6 Å². The van der Waals surface area contributed by atoms with Crippen LogP contribution >= 0.6 is 0 Å². The Morgan fingerprint density at radius 1 is 1.32 bits per heavy atom. The number of para-hydroxylation sites is 1. The Kier molecular flexibility index (Phi) is 3.24. The van der Waals surface area contributed by atoms with Gasteiger partial charge in [0.1, 0.15) is 24.5 Å². The Bertz CT molecular complexity index is 661. The van der Waals surface area contributed by atoms with Crippen LogP contribution in [-0.2, 0) is 12.1 Å². The van der Waals surface area contributed by atoms with Crippen molar-refractivity contribution in [2.24, 2.45) is 0 Å². The van der Waals surface area contributed by atoms with Gasteiger partial charge in [-0.15, -0.1) is 0 Å². The average molecular weight is 302 g/mol. The number of hydrogen-bond donors (Lipinski definition) is 2. The van der Waals surface area contributed by atoms with Gasteiger partial charge in [-0.3, -0.25) is 4.90 Å². The quantitative estimate of drug-likeness (QED) is 0.867. The summed E-state index contributed by atoms with van der Waals surface area (Å²) in [6.07, 6.45) is 2.23. The number of nitrogens with zero attached hydrogens (tertiary/aromatic N) is 3. The van der Waals surface area contributed by atoms with Gasteiger partial charge in [-0.05, 0) is 12.5 Å². The minimum atomic E-state index is -0.931. The SMILES string of the molecule is OC1(c2cn[nH]n2)CCN(Cc2cccc3c2OCCO3)C1. The number of fused-ring (bicyclic) bond motifs is 1. The number of hydrogen-bond acceptors (Lipinski definition) is 6. The lowest BCUT2D eigenvalue weighted by molar-refractivity contribution is 0.0407. The highest BCUT2D eigenvalue weighted by atomic mass is 16.6. The lowest BCUT2D eigenvalue weighted by atomic mass is 10.00. The molecule has 3 heterocycles. The van der Waals surface area contributed by atoms with Crippen LogP contribution in [0, 0.1) is 0 Å². The van der Waals surface area contributed by atoms with E-state index < -0.39 is 5.60 Å². The molecular weight excluding hydrogens is 284 g/mol. The van der Waals surface area contributed by atoms with Gasteiger partial charge in [-0.1, -0.05) is 12.1 Å². The van der Waals surface area contributed by atoms with Crippen molar-refractivity contribution in [1.29, 1.82) is 0 Å². The van der Waals surface area contributed by atoms with E-state index in [1.54, 1.807) is 6.20 Å². The molecule has 2 aromatic rings. The van der Waals surface area contributed by atoms with Crippen LogP contribution in [0.4, 0.5) is 0 Å². The molecule has 0 saturated carbocycles. The number of nitrogens with one attached hydrogen (secondary N) is 1. The second kappa shape index (κ2) is 5.26. The van der Waals surface area contributed by atoms with E-state index in [-0.39, 0.29) is 0 Å². The summed E-state index contributed by atoms with van der Waals surface area (Å²) in [5.74, 6) is 1.63. The topological polar surface area (TPSA) is 83.5 Å². The van der Waals surface area contributed by atoms with Gasteiger partial charge in [0, 0.05) is 25.2 Å².